The smallest absolute Gasteiger partial charge is 0.409 e. The summed E-state index contributed by atoms with van der Waals surface area (Å²) in [7, 11) is 0. The summed E-state index contributed by atoms with van der Waals surface area (Å²) in [5.74, 6) is 0. The topological polar surface area (TPSA) is 49.3 Å². The van der Waals surface area contributed by atoms with Crippen molar-refractivity contribution in [2.24, 2.45) is 0 Å². The van der Waals surface area contributed by atoms with Crippen molar-refractivity contribution < 1.29 is 9.90 Å². The van der Waals surface area contributed by atoms with Crippen LogP contribution < -0.4 is 5.32 Å². The molecule has 0 spiro atoms. The van der Waals surface area contributed by atoms with Gasteiger partial charge in [0.15, 0.2) is 0 Å². The van der Waals surface area contributed by atoms with Crippen molar-refractivity contribution in [3.63, 3.8) is 0 Å². The number of carbonyl (C=O) groups is 1. The number of benzene rings is 1. The van der Waals surface area contributed by atoms with E-state index >= 15 is 0 Å². The highest BCUT2D eigenvalue weighted by atomic mass is 16.4. The average molecular weight is 193 g/mol. The van der Waals surface area contributed by atoms with Crippen LogP contribution in [-0.4, -0.2) is 11.2 Å². The largest absolute Gasteiger partial charge is 0.465 e. The predicted molar refractivity (Wildman–Crippen MR) is 56.8 cm³/mol. The lowest BCUT2D eigenvalue weighted by atomic mass is 9.87. The first-order valence-electron chi connectivity index (χ1n) is 4.50. The van der Waals surface area contributed by atoms with E-state index in [1.54, 1.807) is 6.07 Å². The van der Waals surface area contributed by atoms with Crippen LogP contribution in [0.15, 0.2) is 24.3 Å². The molecule has 1 amide bonds. The number of hydrogen-bond donors (Lipinski definition) is 2. The molecule has 1 rings (SSSR count). The Kier molecular flexibility index (Phi) is 2.79. The third kappa shape index (κ3) is 2.76. The summed E-state index contributed by atoms with van der Waals surface area (Å²) in [6.45, 7) is 6.27. The molecule has 0 aliphatic carbocycles. The zero-order chi connectivity index (χ0) is 10.8. The van der Waals surface area contributed by atoms with Gasteiger partial charge in [0.1, 0.15) is 0 Å². The van der Waals surface area contributed by atoms with E-state index < -0.39 is 6.09 Å². The van der Waals surface area contributed by atoms with Crippen molar-refractivity contribution in [3.05, 3.63) is 29.8 Å². The molecule has 3 heteroatoms. The Hall–Kier alpha value is -1.51. The molecule has 76 valence electrons. The molecule has 1 aromatic carbocycles. The third-order valence-electron chi connectivity index (χ3n) is 1.98. The van der Waals surface area contributed by atoms with Crippen molar-refractivity contribution in [2.45, 2.75) is 26.2 Å². The Morgan fingerprint density at radius 3 is 2.50 bits per heavy atom. The molecule has 0 aliphatic heterocycles. The molecule has 0 radical (unpaired) electrons. The zero-order valence-corrected chi connectivity index (χ0v) is 8.66. The third-order valence-corrected chi connectivity index (χ3v) is 1.98. The van der Waals surface area contributed by atoms with Gasteiger partial charge in [0.2, 0.25) is 0 Å². The molecule has 0 atom stereocenters. The quantitative estimate of drug-likeness (QED) is 0.720. The van der Waals surface area contributed by atoms with E-state index in [-0.39, 0.29) is 5.41 Å². The summed E-state index contributed by atoms with van der Waals surface area (Å²) in [6, 6.07) is 7.44. The van der Waals surface area contributed by atoms with Gasteiger partial charge in [-0.25, -0.2) is 4.79 Å². The number of anilines is 1. The van der Waals surface area contributed by atoms with Gasteiger partial charge in [0, 0.05) is 5.69 Å². The molecule has 1 aromatic rings. The summed E-state index contributed by atoms with van der Waals surface area (Å²) in [5, 5.41) is 10.9. The van der Waals surface area contributed by atoms with E-state index in [1.807, 2.05) is 18.2 Å². The summed E-state index contributed by atoms with van der Waals surface area (Å²) in [6.07, 6.45) is -1.03. The summed E-state index contributed by atoms with van der Waals surface area (Å²) in [5.41, 5.74) is 1.77. The molecule has 0 fully saturated rings. The second kappa shape index (κ2) is 3.70. The number of carboxylic acid groups (broad SMARTS) is 1. The molecular weight excluding hydrogens is 178 g/mol. The van der Waals surface area contributed by atoms with Crippen LogP contribution in [0.25, 0.3) is 0 Å². The molecule has 3 nitrogen and oxygen atoms in total. The molecule has 0 saturated carbocycles. The Bertz CT molecular complexity index is 339. The SMILES string of the molecule is CC(C)(C)c1cccc(NC(=O)O)c1. The fourth-order valence-corrected chi connectivity index (χ4v) is 1.19. The van der Waals surface area contributed by atoms with Gasteiger partial charge in [0.25, 0.3) is 0 Å². The Labute approximate surface area is 83.8 Å². The van der Waals surface area contributed by atoms with Gasteiger partial charge in [-0.1, -0.05) is 32.9 Å². The molecule has 0 saturated heterocycles. The van der Waals surface area contributed by atoms with E-state index in [2.05, 4.69) is 26.1 Å². The van der Waals surface area contributed by atoms with Crippen LogP contribution >= 0.6 is 0 Å². The number of nitrogens with one attached hydrogen (secondary N) is 1. The Morgan fingerprint density at radius 2 is 2.00 bits per heavy atom. The lowest BCUT2D eigenvalue weighted by Crippen LogP contribution is -2.12. The summed E-state index contributed by atoms with van der Waals surface area (Å²) < 4.78 is 0. The maximum Gasteiger partial charge on any atom is 0.409 e. The van der Waals surface area contributed by atoms with Gasteiger partial charge in [-0.15, -0.1) is 0 Å². The van der Waals surface area contributed by atoms with Gasteiger partial charge in [-0.05, 0) is 23.1 Å². The van der Waals surface area contributed by atoms with E-state index in [0.29, 0.717) is 5.69 Å². The molecular formula is C11H15NO2. The van der Waals surface area contributed by atoms with E-state index in [1.165, 1.54) is 0 Å². The first kappa shape index (κ1) is 10.6. The van der Waals surface area contributed by atoms with Crippen LogP contribution in [0.4, 0.5) is 10.5 Å². The fourth-order valence-electron chi connectivity index (χ4n) is 1.19. The van der Waals surface area contributed by atoms with E-state index in [0.717, 1.165) is 5.56 Å². The van der Waals surface area contributed by atoms with Gasteiger partial charge in [-0.2, -0.15) is 0 Å². The standard InChI is InChI=1S/C11H15NO2/c1-11(2,3)8-5-4-6-9(7-8)12-10(13)14/h4-7,12H,1-3H3,(H,13,14). The first-order valence-corrected chi connectivity index (χ1v) is 4.50. The fraction of sp³-hybridized carbons (Fsp3) is 0.364. The highest BCUT2D eigenvalue weighted by molar-refractivity contribution is 5.82. The van der Waals surface area contributed by atoms with Crippen molar-refractivity contribution in [2.75, 3.05) is 5.32 Å². The summed E-state index contributed by atoms with van der Waals surface area (Å²) in [4.78, 5) is 10.4. The lowest BCUT2D eigenvalue weighted by Gasteiger charge is -2.19. The van der Waals surface area contributed by atoms with E-state index in [9.17, 15) is 4.79 Å². The molecule has 2 N–H and O–H groups in total. The second-order valence-electron chi connectivity index (χ2n) is 4.26. The van der Waals surface area contributed by atoms with E-state index in [4.69, 9.17) is 5.11 Å². The molecule has 0 aromatic heterocycles. The maximum atomic E-state index is 10.4. The molecule has 0 bridgehead atoms. The van der Waals surface area contributed by atoms with Crippen LogP contribution in [0, 0.1) is 0 Å². The molecule has 0 unspecified atom stereocenters. The minimum Gasteiger partial charge on any atom is -0.465 e. The van der Waals surface area contributed by atoms with Crippen molar-refractivity contribution >= 4 is 11.8 Å². The van der Waals surface area contributed by atoms with Gasteiger partial charge >= 0.3 is 6.09 Å². The van der Waals surface area contributed by atoms with Crippen LogP contribution in [0.1, 0.15) is 26.3 Å². The number of hydrogen-bond acceptors (Lipinski definition) is 1. The Morgan fingerprint density at radius 1 is 1.36 bits per heavy atom. The van der Waals surface area contributed by atoms with Crippen LogP contribution in [-0.2, 0) is 5.41 Å². The van der Waals surface area contributed by atoms with Crippen molar-refractivity contribution in [1.82, 2.24) is 0 Å². The maximum absolute atomic E-state index is 10.4. The van der Waals surface area contributed by atoms with Crippen LogP contribution in [0.2, 0.25) is 0 Å². The predicted octanol–water partition coefficient (Wildman–Crippen LogP) is 3.07. The van der Waals surface area contributed by atoms with Gasteiger partial charge in [0.05, 0.1) is 0 Å². The van der Waals surface area contributed by atoms with Crippen molar-refractivity contribution in [3.8, 4) is 0 Å². The minimum atomic E-state index is -1.03. The normalized spacial score (nSPS) is 11.1. The van der Waals surface area contributed by atoms with Gasteiger partial charge < -0.3 is 5.11 Å². The Balaban J connectivity index is 2.95. The summed E-state index contributed by atoms with van der Waals surface area (Å²) >= 11 is 0. The monoisotopic (exact) mass is 193 g/mol. The van der Waals surface area contributed by atoms with Crippen molar-refractivity contribution in [1.29, 1.82) is 0 Å². The first-order chi connectivity index (χ1) is 6.39. The average Bonchev–Trinajstić information content (AvgIpc) is 2.01. The molecule has 0 aliphatic rings. The molecule has 0 heterocycles. The van der Waals surface area contributed by atoms with Gasteiger partial charge in [-0.3, -0.25) is 5.32 Å². The zero-order valence-electron chi connectivity index (χ0n) is 8.66. The number of amides is 1. The highest BCUT2D eigenvalue weighted by Gasteiger charge is 2.13. The van der Waals surface area contributed by atoms with Crippen LogP contribution in [0.5, 0.6) is 0 Å². The lowest BCUT2D eigenvalue weighted by molar-refractivity contribution is 0.209. The van der Waals surface area contributed by atoms with Crippen LogP contribution in [0.3, 0.4) is 0 Å². The number of rotatable bonds is 1. The minimum absolute atomic E-state index is 0.0379. The highest BCUT2D eigenvalue weighted by Crippen LogP contribution is 2.24. The molecule has 14 heavy (non-hydrogen) atoms. The second-order valence-corrected chi connectivity index (χ2v) is 4.26.